The Bertz CT molecular complexity index is 707. The molecule has 5 nitrogen and oxygen atoms in total. The third-order valence-electron chi connectivity index (χ3n) is 3.14. The van der Waals surface area contributed by atoms with Crippen LogP contribution >= 0.6 is 12.4 Å². The molecule has 0 aliphatic carbocycles. The summed E-state index contributed by atoms with van der Waals surface area (Å²) in [6.07, 6.45) is 1.61. The van der Waals surface area contributed by atoms with Gasteiger partial charge in [0, 0.05) is 24.0 Å². The zero-order valence-electron chi connectivity index (χ0n) is 11.6. The van der Waals surface area contributed by atoms with Gasteiger partial charge >= 0.3 is 0 Å². The number of para-hydroxylation sites is 1. The van der Waals surface area contributed by atoms with Gasteiger partial charge in [-0.1, -0.05) is 18.2 Å². The topological polar surface area (TPSA) is 56.8 Å². The second-order valence-electron chi connectivity index (χ2n) is 4.85. The Morgan fingerprint density at radius 2 is 2.00 bits per heavy atom. The van der Waals surface area contributed by atoms with Gasteiger partial charge in [-0.2, -0.15) is 0 Å². The van der Waals surface area contributed by atoms with Gasteiger partial charge in [0.25, 0.3) is 0 Å². The molecule has 0 unspecified atom stereocenters. The average molecular weight is 292 g/mol. The van der Waals surface area contributed by atoms with Crippen molar-refractivity contribution in [2.75, 3.05) is 32.5 Å². The summed E-state index contributed by atoms with van der Waals surface area (Å²) < 4.78 is 0. The summed E-state index contributed by atoms with van der Waals surface area (Å²) in [5.41, 5.74) is 3.04. The second-order valence-corrected chi connectivity index (χ2v) is 4.85. The van der Waals surface area contributed by atoms with Crippen LogP contribution in [0.2, 0.25) is 0 Å². The number of nitrogens with one attached hydrogen (secondary N) is 2. The Kier molecular flexibility index (Phi) is 4.42. The fourth-order valence-electron chi connectivity index (χ4n) is 2.17. The van der Waals surface area contributed by atoms with Gasteiger partial charge < -0.3 is 15.2 Å². The minimum absolute atomic E-state index is 0. The molecule has 2 heterocycles. The zero-order valence-corrected chi connectivity index (χ0v) is 12.4. The third-order valence-corrected chi connectivity index (χ3v) is 3.14. The summed E-state index contributed by atoms with van der Waals surface area (Å²) in [4.78, 5) is 14.2. The average Bonchev–Trinajstić information content (AvgIpc) is 2.78. The van der Waals surface area contributed by atoms with Crippen LogP contribution in [0.4, 0.5) is 5.82 Å². The van der Waals surface area contributed by atoms with Crippen molar-refractivity contribution in [2.24, 2.45) is 0 Å². The standard InChI is InChI=1S/C14H17N5.ClH/c1-19(2)8-7-15-14-13-12(16-9-17-14)10-5-3-4-6-11(10)18-13;/h3-6,9,18H,7-8H2,1-2H3,(H,15,16,17);1H. The van der Waals surface area contributed by atoms with Crippen molar-refractivity contribution in [3.05, 3.63) is 30.6 Å². The molecule has 2 aromatic heterocycles. The summed E-state index contributed by atoms with van der Waals surface area (Å²) in [6, 6.07) is 8.17. The number of fused-ring (bicyclic) bond motifs is 3. The van der Waals surface area contributed by atoms with Crippen LogP contribution in [-0.2, 0) is 0 Å². The lowest BCUT2D eigenvalue weighted by Crippen LogP contribution is -2.21. The van der Waals surface area contributed by atoms with Crippen molar-refractivity contribution in [2.45, 2.75) is 0 Å². The molecule has 3 aromatic rings. The number of aromatic nitrogens is 3. The fraction of sp³-hybridized carbons (Fsp3) is 0.286. The lowest BCUT2D eigenvalue weighted by Gasteiger charge is -2.10. The van der Waals surface area contributed by atoms with E-state index in [9.17, 15) is 0 Å². The van der Waals surface area contributed by atoms with Crippen molar-refractivity contribution >= 4 is 40.2 Å². The lowest BCUT2D eigenvalue weighted by molar-refractivity contribution is 0.425. The van der Waals surface area contributed by atoms with Gasteiger partial charge in [0.1, 0.15) is 17.4 Å². The normalized spacial score (nSPS) is 10.9. The van der Waals surface area contributed by atoms with E-state index in [1.54, 1.807) is 6.33 Å². The molecule has 0 spiro atoms. The molecule has 0 aliphatic rings. The van der Waals surface area contributed by atoms with E-state index in [1.165, 1.54) is 0 Å². The zero-order chi connectivity index (χ0) is 13.2. The largest absolute Gasteiger partial charge is 0.367 e. The molecular formula is C14H18ClN5. The monoisotopic (exact) mass is 291 g/mol. The van der Waals surface area contributed by atoms with Gasteiger partial charge in [0.2, 0.25) is 0 Å². The van der Waals surface area contributed by atoms with Crippen molar-refractivity contribution in [1.29, 1.82) is 0 Å². The molecule has 0 saturated heterocycles. The van der Waals surface area contributed by atoms with Crippen molar-refractivity contribution in [3.8, 4) is 0 Å². The predicted molar refractivity (Wildman–Crippen MR) is 85.7 cm³/mol. The van der Waals surface area contributed by atoms with E-state index in [1.807, 2.05) is 12.1 Å². The van der Waals surface area contributed by atoms with Gasteiger partial charge in [0.05, 0.1) is 0 Å². The molecule has 0 aliphatic heterocycles. The number of hydrogen-bond acceptors (Lipinski definition) is 4. The molecule has 106 valence electrons. The number of halogens is 1. The molecular weight excluding hydrogens is 274 g/mol. The highest BCUT2D eigenvalue weighted by Gasteiger charge is 2.09. The Hall–Kier alpha value is -1.85. The maximum absolute atomic E-state index is 4.38. The van der Waals surface area contributed by atoms with Crippen molar-refractivity contribution in [3.63, 3.8) is 0 Å². The first-order chi connectivity index (χ1) is 9.25. The van der Waals surface area contributed by atoms with E-state index in [2.05, 4.69) is 51.4 Å². The van der Waals surface area contributed by atoms with Gasteiger partial charge in [-0.05, 0) is 20.2 Å². The summed E-state index contributed by atoms with van der Waals surface area (Å²) in [6.45, 7) is 1.82. The molecule has 1 aromatic carbocycles. The summed E-state index contributed by atoms with van der Waals surface area (Å²) in [5.74, 6) is 0.864. The molecule has 20 heavy (non-hydrogen) atoms. The number of anilines is 1. The fourth-order valence-corrected chi connectivity index (χ4v) is 2.17. The highest BCUT2D eigenvalue weighted by atomic mass is 35.5. The number of hydrogen-bond donors (Lipinski definition) is 2. The van der Waals surface area contributed by atoms with Crippen LogP contribution in [0.25, 0.3) is 21.9 Å². The van der Waals surface area contributed by atoms with E-state index < -0.39 is 0 Å². The van der Waals surface area contributed by atoms with Crippen LogP contribution in [0.5, 0.6) is 0 Å². The van der Waals surface area contributed by atoms with Crippen LogP contribution in [0.15, 0.2) is 30.6 Å². The first kappa shape index (κ1) is 14.6. The summed E-state index contributed by atoms with van der Waals surface area (Å²) in [5, 5.41) is 4.49. The van der Waals surface area contributed by atoms with Gasteiger partial charge in [-0.15, -0.1) is 12.4 Å². The molecule has 2 N–H and O–H groups in total. The number of benzene rings is 1. The van der Waals surface area contributed by atoms with Gasteiger partial charge in [-0.25, -0.2) is 9.97 Å². The Morgan fingerprint density at radius 3 is 2.80 bits per heavy atom. The quantitative estimate of drug-likeness (QED) is 0.775. The van der Waals surface area contributed by atoms with Crippen LogP contribution in [0.1, 0.15) is 0 Å². The van der Waals surface area contributed by atoms with E-state index >= 15 is 0 Å². The molecule has 6 heteroatoms. The maximum Gasteiger partial charge on any atom is 0.153 e. The minimum Gasteiger partial charge on any atom is -0.367 e. The number of likely N-dealkylation sites (N-methyl/N-ethyl adjacent to an activating group) is 1. The molecule has 0 radical (unpaired) electrons. The molecule has 3 rings (SSSR count). The first-order valence-electron chi connectivity index (χ1n) is 6.36. The van der Waals surface area contributed by atoms with Crippen LogP contribution < -0.4 is 5.32 Å². The smallest absolute Gasteiger partial charge is 0.153 e. The summed E-state index contributed by atoms with van der Waals surface area (Å²) >= 11 is 0. The predicted octanol–water partition coefficient (Wildman–Crippen LogP) is 2.51. The number of nitrogens with zero attached hydrogens (tertiary/aromatic N) is 3. The maximum atomic E-state index is 4.38. The Balaban J connectivity index is 0.00000147. The highest BCUT2D eigenvalue weighted by Crippen LogP contribution is 2.26. The first-order valence-corrected chi connectivity index (χ1v) is 6.36. The number of aromatic amines is 1. The summed E-state index contributed by atoms with van der Waals surface area (Å²) in [7, 11) is 4.11. The van der Waals surface area contributed by atoms with Crippen molar-refractivity contribution < 1.29 is 0 Å². The Labute approximate surface area is 123 Å². The van der Waals surface area contributed by atoms with Crippen LogP contribution in [-0.4, -0.2) is 47.0 Å². The molecule has 0 amide bonds. The third kappa shape index (κ3) is 2.69. The van der Waals surface area contributed by atoms with E-state index in [0.717, 1.165) is 40.8 Å². The molecule has 0 atom stereocenters. The van der Waals surface area contributed by atoms with Crippen LogP contribution in [0.3, 0.4) is 0 Å². The van der Waals surface area contributed by atoms with E-state index in [4.69, 9.17) is 0 Å². The molecule has 0 saturated carbocycles. The second kappa shape index (κ2) is 6.07. The minimum atomic E-state index is 0. The van der Waals surface area contributed by atoms with Gasteiger partial charge in [0.15, 0.2) is 5.82 Å². The molecule has 0 bridgehead atoms. The Morgan fingerprint density at radius 1 is 1.20 bits per heavy atom. The van der Waals surface area contributed by atoms with Crippen molar-refractivity contribution in [1.82, 2.24) is 19.9 Å². The van der Waals surface area contributed by atoms with Crippen LogP contribution in [0, 0.1) is 0 Å². The highest BCUT2D eigenvalue weighted by molar-refractivity contribution is 6.07. The SMILES string of the molecule is CN(C)CCNc1ncnc2c1[nH]c1ccccc12.Cl. The van der Waals surface area contributed by atoms with E-state index in [-0.39, 0.29) is 12.4 Å². The molecule has 0 fully saturated rings. The number of rotatable bonds is 4. The lowest BCUT2D eigenvalue weighted by atomic mass is 10.2. The van der Waals surface area contributed by atoms with E-state index in [0.29, 0.717) is 0 Å². The van der Waals surface area contributed by atoms with Gasteiger partial charge in [-0.3, -0.25) is 0 Å². The number of H-pyrrole nitrogens is 1.